The number of hydrogen-bond acceptors (Lipinski definition) is 1. The third-order valence-corrected chi connectivity index (χ3v) is 0. The monoisotopic (exact) mass is 67.0 g/mol. The molecule has 0 unspecified atom stereocenters. The molecule has 18 valence electrons. The van der Waals surface area contributed by atoms with Gasteiger partial charge in [-0.15, -0.1) is 0 Å². The summed E-state index contributed by atoms with van der Waals surface area (Å²) in [6.07, 6.45) is 0. The minimum atomic E-state index is 0. The molecule has 3 heteroatoms. The molecule has 0 fully saturated rings. The molecule has 0 aliphatic heterocycles. The van der Waals surface area contributed by atoms with Crippen LogP contribution in [-0.4, -0.2) is 5.48 Å². The maximum absolute atomic E-state index is 6.25. The fraction of sp³-hybridized carbons (Fsp3) is 0. The molecule has 0 rings (SSSR count). The summed E-state index contributed by atoms with van der Waals surface area (Å²) in [4.78, 5) is 0. The molecule has 0 aromatic rings. The molecule has 0 aliphatic carbocycles. The van der Waals surface area contributed by atoms with Gasteiger partial charge in [0.15, 0.2) is 0 Å². The Balaban J connectivity index is -0.00000000500. The first-order valence-electron chi connectivity index (χ1n) is 0.224. The van der Waals surface area contributed by atoms with Crippen molar-refractivity contribution in [2.24, 2.45) is 0 Å². The van der Waals surface area contributed by atoms with Crippen molar-refractivity contribution in [3.8, 4) is 0 Å². The largest absolute Gasteiger partial charge is 1.00 e. The van der Waals surface area contributed by atoms with Crippen LogP contribution in [0.4, 0.5) is 0 Å². The summed E-state index contributed by atoms with van der Waals surface area (Å²) in [6.45, 7) is 4.75. The molecular formula is CH2NNaO. The minimum absolute atomic E-state index is 0. The predicted molar refractivity (Wildman–Crippen MR) is 8.58 cm³/mol. The number of hydrogen-bond donors (Lipinski definition) is 0. The van der Waals surface area contributed by atoms with Gasteiger partial charge >= 0.3 is 29.6 Å². The molecule has 0 aromatic carbocycles. The van der Waals surface area contributed by atoms with E-state index in [0.29, 0.717) is 0 Å². The van der Waals surface area contributed by atoms with Crippen LogP contribution in [0.3, 0.4) is 0 Å². The maximum atomic E-state index is 6.25. The molecule has 0 saturated carbocycles. The van der Waals surface area contributed by atoms with Crippen molar-refractivity contribution in [2.45, 2.75) is 0 Å². The summed E-state index contributed by atoms with van der Waals surface area (Å²) in [6, 6.07) is 0. The Labute approximate surface area is 47.0 Å². The van der Waals surface area contributed by atoms with E-state index >= 15 is 0 Å². The zero-order valence-electron chi connectivity index (χ0n) is 2.45. The SMILES string of the molecule is O.[C-]#N.[Na+]. The van der Waals surface area contributed by atoms with Gasteiger partial charge < -0.3 is 17.3 Å². The third-order valence-electron chi connectivity index (χ3n) is 0. The molecular weight excluding hydrogens is 65.0 g/mol. The Hall–Kier alpha value is 0.450. The van der Waals surface area contributed by atoms with Crippen LogP contribution >= 0.6 is 0 Å². The third kappa shape index (κ3) is 25.4. The van der Waals surface area contributed by atoms with Crippen molar-refractivity contribution >= 4 is 0 Å². The summed E-state index contributed by atoms with van der Waals surface area (Å²) >= 11 is 0. The molecule has 0 bridgehead atoms. The first-order valence-corrected chi connectivity index (χ1v) is 0.224. The summed E-state index contributed by atoms with van der Waals surface area (Å²) < 4.78 is 0. The van der Waals surface area contributed by atoms with Gasteiger partial charge in [-0.3, -0.25) is 0 Å². The fourth-order valence-electron chi connectivity index (χ4n) is 0. The van der Waals surface area contributed by atoms with Gasteiger partial charge in [-0.1, -0.05) is 0 Å². The van der Waals surface area contributed by atoms with Crippen LogP contribution in [0.2, 0.25) is 0 Å². The van der Waals surface area contributed by atoms with Crippen LogP contribution in [0.15, 0.2) is 0 Å². The molecule has 0 amide bonds. The van der Waals surface area contributed by atoms with Gasteiger partial charge in [0.05, 0.1) is 0 Å². The Bertz CT molecular complexity index is 12.8. The van der Waals surface area contributed by atoms with E-state index in [0.717, 1.165) is 0 Å². The zero-order chi connectivity index (χ0) is 2.00. The average Bonchev–Trinajstić information content (AvgIpc) is 1.00. The van der Waals surface area contributed by atoms with Gasteiger partial charge in [0.2, 0.25) is 0 Å². The van der Waals surface area contributed by atoms with E-state index in [2.05, 4.69) is 0 Å². The second-order valence-corrected chi connectivity index (χ2v) is 0. The molecule has 4 heavy (non-hydrogen) atoms. The molecule has 0 saturated heterocycles. The van der Waals surface area contributed by atoms with Crippen LogP contribution in [0.25, 0.3) is 0 Å². The second kappa shape index (κ2) is 102. The van der Waals surface area contributed by atoms with Crippen molar-refractivity contribution in [2.75, 3.05) is 0 Å². The normalized spacial score (nSPS) is 0.500. The fourth-order valence-corrected chi connectivity index (χ4v) is 0. The summed E-state index contributed by atoms with van der Waals surface area (Å²) in [5, 5.41) is 6.25. The van der Waals surface area contributed by atoms with E-state index in [1.54, 1.807) is 0 Å². The van der Waals surface area contributed by atoms with E-state index in [4.69, 9.17) is 11.8 Å². The van der Waals surface area contributed by atoms with Gasteiger partial charge in [-0.25, -0.2) is 0 Å². The van der Waals surface area contributed by atoms with Crippen LogP contribution in [0, 0.1) is 11.8 Å². The van der Waals surface area contributed by atoms with E-state index in [1.807, 2.05) is 0 Å². The zero-order valence-corrected chi connectivity index (χ0v) is 4.45. The van der Waals surface area contributed by atoms with Crippen LogP contribution < -0.4 is 29.6 Å². The Morgan fingerprint density at radius 1 is 1.25 bits per heavy atom. The Kier molecular flexibility index (Phi) is 644. The summed E-state index contributed by atoms with van der Waals surface area (Å²) in [5.41, 5.74) is 0. The molecule has 0 spiro atoms. The summed E-state index contributed by atoms with van der Waals surface area (Å²) in [5.74, 6) is 0. The molecule has 0 heterocycles. The molecule has 0 atom stereocenters. The quantitative estimate of drug-likeness (QED) is 0.212. The molecule has 2 N–H and O–H groups in total. The van der Waals surface area contributed by atoms with Crippen molar-refractivity contribution < 1.29 is 35.0 Å². The van der Waals surface area contributed by atoms with E-state index in [1.165, 1.54) is 0 Å². The molecule has 0 aromatic heterocycles. The average molecular weight is 67.0 g/mol. The molecule has 0 aliphatic rings. The first-order chi connectivity index (χ1) is 1.00. The van der Waals surface area contributed by atoms with E-state index < -0.39 is 0 Å². The first kappa shape index (κ1) is 25.2. The van der Waals surface area contributed by atoms with E-state index in [9.17, 15) is 0 Å². The van der Waals surface area contributed by atoms with E-state index in [-0.39, 0.29) is 35.0 Å². The van der Waals surface area contributed by atoms with Gasteiger partial charge in [0.25, 0.3) is 0 Å². The second-order valence-electron chi connectivity index (χ2n) is 0. The van der Waals surface area contributed by atoms with Crippen molar-refractivity contribution in [3.63, 3.8) is 0 Å². The smallest absolute Gasteiger partial charge is 0.512 e. The maximum Gasteiger partial charge on any atom is 1.00 e. The van der Waals surface area contributed by atoms with Crippen LogP contribution in [-0.2, 0) is 0 Å². The predicted octanol–water partition coefficient (Wildman–Crippen LogP) is -3.72. The van der Waals surface area contributed by atoms with Crippen molar-refractivity contribution in [1.82, 2.24) is 0 Å². The summed E-state index contributed by atoms with van der Waals surface area (Å²) in [7, 11) is 0. The number of nitrogens with zero attached hydrogens (tertiary/aromatic N) is 1. The standard InChI is InChI=1S/CN.Na.H2O/c1-2;;/h;;1H2/q-1;+1;. The van der Waals surface area contributed by atoms with Gasteiger partial charge in [0, 0.05) is 0 Å². The van der Waals surface area contributed by atoms with Crippen LogP contribution in [0.5, 0.6) is 0 Å². The van der Waals surface area contributed by atoms with Gasteiger partial charge in [0.1, 0.15) is 0 Å². The Morgan fingerprint density at radius 3 is 1.25 bits per heavy atom. The van der Waals surface area contributed by atoms with Gasteiger partial charge in [-0.05, 0) is 0 Å². The Morgan fingerprint density at radius 2 is 1.25 bits per heavy atom. The molecule has 2 nitrogen and oxygen atoms in total. The molecule has 0 radical (unpaired) electrons. The minimum Gasteiger partial charge on any atom is -0.512 e. The topological polar surface area (TPSA) is 55.3 Å². The van der Waals surface area contributed by atoms with Crippen LogP contribution in [0.1, 0.15) is 0 Å². The van der Waals surface area contributed by atoms with Crippen molar-refractivity contribution in [3.05, 3.63) is 6.57 Å². The van der Waals surface area contributed by atoms with Gasteiger partial charge in [-0.2, -0.15) is 0 Å². The van der Waals surface area contributed by atoms with Crippen molar-refractivity contribution in [1.29, 1.82) is 5.26 Å². The number of rotatable bonds is 0.